The molecule has 1 aliphatic rings. The van der Waals surface area contributed by atoms with Crippen molar-refractivity contribution in [2.75, 3.05) is 39.5 Å². The van der Waals surface area contributed by atoms with Crippen molar-refractivity contribution in [3.63, 3.8) is 0 Å². The minimum Gasteiger partial charge on any atom is -0.374 e. The molecule has 1 saturated heterocycles. The number of carbonyl (C=O) groups excluding carboxylic acids is 1. The molecule has 0 bridgehead atoms. The second-order valence-electron chi connectivity index (χ2n) is 5.79. The monoisotopic (exact) mass is 359 g/mol. The van der Waals surface area contributed by atoms with E-state index < -0.39 is 10.0 Å². The van der Waals surface area contributed by atoms with Gasteiger partial charge in [0.25, 0.3) is 0 Å². The van der Waals surface area contributed by atoms with Gasteiger partial charge in [0, 0.05) is 45.6 Å². The maximum Gasteiger partial charge on any atom is 0.317 e. The van der Waals surface area contributed by atoms with Crippen LogP contribution in [-0.4, -0.2) is 78.9 Å². The highest BCUT2D eigenvalue weighted by Crippen LogP contribution is 2.08. The zero-order chi connectivity index (χ0) is 17.7. The van der Waals surface area contributed by atoms with Crippen molar-refractivity contribution < 1.29 is 17.9 Å². The van der Waals surface area contributed by atoms with Crippen molar-refractivity contribution in [1.82, 2.24) is 24.1 Å². The summed E-state index contributed by atoms with van der Waals surface area (Å²) in [4.78, 5) is 18.0. The summed E-state index contributed by atoms with van der Waals surface area (Å²) in [6.45, 7) is 4.40. The van der Waals surface area contributed by atoms with Crippen molar-refractivity contribution in [3.8, 4) is 0 Å². The molecule has 1 atom stereocenters. The first-order valence-electron chi connectivity index (χ1n) is 7.87. The lowest BCUT2D eigenvalue weighted by molar-refractivity contribution is 0.000968. The average molecular weight is 359 g/mol. The van der Waals surface area contributed by atoms with Crippen LogP contribution in [0.3, 0.4) is 0 Å². The number of rotatable bonds is 6. The summed E-state index contributed by atoms with van der Waals surface area (Å²) >= 11 is 0. The van der Waals surface area contributed by atoms with Crippen LogP contribution in [0.15, 0.2) is 12.4 Å². The second-order valence-corrected chi connectivity index (χ2v) is 7.77. The van der Waals surface area contributed by atoms with Crippen molar-refractivity contribution in [3.05, 3.63) is 18.2 Å². The van der Waals surface area contributed by atoms with E-state index in [4.69, 9.17) is 4.74 Å². The average Bonchev–Trinajstić information content (AvgIpc) is 2.99. The van der Waals surface area contributed by atoms with Gasteiger partial charge in [-0.15, -0.1) is 0 Å². The molecule has 2 rings (SSSR count). The van der Waals surface area contributed by atoms with E-state index in [1.165, 1.54) is 15.5 Å². The molecule has 0 aromatic carbocycles. The summed E-state index contributed by atoms with van der Waals surface area (Å²) < 4.78 is 32.0. The number of nitrogens with zero attached hydrogens (tertiary/aromatic N) is 4. The number of aromatic nitrogens is 2. The summed E-state index contributed by atoms with van der Waals surface area (Å²) in [6.07, 6.45) is 4.41. The van der Waals surface area contributed by atoms with Crippen LogP contribution >= 0.6 is 0 Å². The maximum absolute atomic E-state index is 12.2. The number of hydrogen-bond donors (Lipinski definition) is 1. The van der Waals surface area contributed by atoms with Gasteiger partial charge in [-0.25, -0.2) is 18.2 Å². The molecule has 1 aliphatic heterocycles. The van der Waals surface area contributed by atoms with Crippen LogP contribution in [0, 0.1) is 0 Å². The highest BCUT2D eigenvalue weighted by molar-refractivity contribution is 7.88. The molecule has 1 fully saturated rings. The van der Waals surface area contributed by atoms with Gasteiger partial charge in [-0.1, -0.05) is 0 Å². The van der Waals surface area contributed by atoms with Crippen LogP contribution in [0.5, 0.6) is 0 Å². The molecule has 24 heavy (non-hydrogen) atoms. The van der Waals surface area contributed by atoms with Gasteiger partial charge in [0.05, 0.1) is 25.5 Å². The predicted molar refractivity (Wildman–Crippen MR) is 88.9 cm³/mol. The molecule has 1 aromatic heterocycles. The SMILES string of the molecule is CCn1ccnc1CN(C)C(=O)NCC1CN(S(C)(=O)=O)CCO1. The Labute approximate surface area is 142 Å². The predicted octanol–water partition coefficient (Wildman–Crippen LogP) is -0.295. The largest absolute Gasteiger partial charge is 0.374 e. The molecule has 1 aromatic rings. The number of nitrogens with one attached hydrogen (secondary N) is 1. The summed E-state index contributed by atoms with van der Waals surface area (Å²) in [7, 11) is -1.55. The molecular formula is C14H25N5O4S. The lowest BCUT2D eigenvalue weighted by atomic mass is 10.3. The number of carbonyl (C=O) groups is 1. The number of sulfonamides is 1. The molecule has 0 saturated carbocycles. The Morgan fingerprint density at radius 3 is 2.96 bits per heavy atom. The Balaban J connectivity index is 1.82. The molecule has 9 nitrogen and oxygen atoms in total. The van der Waals surface area contributed by atoms with Crippen molar-refractivity contribution in [2.45, 2.75) is 26.1 Å². The van der Waals surface area contributed by atoms with Gasteiger partial charge in [0.2, 0.25) is 10.0 Å². The fraction of sp³-hybridized carbons (Fsp3) is 0.714. The normalized spacial score (nSPS) is 19.2. The quantitative estimate of drug-likeness (QED) is 0.752. The third-order valence-electron chi connectivity index (χ3n) is 3.92. The Morgan fingerprint density at radius 2 is 2.29 bits per heavy atom. The van der Waals surface area contributed by atoms with Gasteiger partial charge in [-0.3, -0.25) is 0 Å². The van der Waals surface area contributed by atoms with Crippen molar-refractivity contribution >= 4 is 16.1 Å². The van der Waals surface area contributed by atoms with Gasteiger partial charge in [-0.2, -0.15) is 4.31 Å². The van der Waals surface area contributed by atoms with Gasteiger partial charge >= 0.3 is 6.03 Å². The first kappa shape index (κ1) is 18.7. The van der Waals surface area contributed by atoms with Crippen LogP contribution in [0.25, 0.3) is 0 Å². The molecule has 10 heteroatoms. The van der Waals surface area contributed by atoms with Crippen LogP contribution in [0.4, 0.5) is 4.79 Å². The second kappa shape index (κ2) is 7.95. The van der Waals surface area contributed by atoms with Crippen LogP contribution in [-0.2, 0) is 27.8 Å². The molecule has 0 aliphatic carbocycles. The molecule has 2 amide bonds. The molecular weight excluding hydrogens is 334 g/mol. The Kier molecular flexibility index (Phi) is 6.19. The summed E-state index contributed by atoms with van der Waals surface area (Å²) in [5.41, 5.74) is 0. The minimum absolute atomic E-state index is 0.249. The number of morpholine rings is 1. The van der Waals surface area contributed by atoms with E-state index in [1.807, 2.05) is 17.7 Å². The number of urea groups is 1. The van der Waals surface area contributed by atoms with Crippen molar-refractivity contribution in [2.24, 2.45) is 0 Å². The number of amides is 2. The smallest absolute Gasteiger partial charge is 0.317 e. The first-order valence-corrected chi connectivity index (χ1v) is 9.71. The molecule has 0 radical (unpaired) electrons. The highest BCUT2D eigenvalue weighted by Gasteiger charge is 2.27. The number of hydrogen-bond acceptors (Lipinski definition) is 5. The zero-order valence-electron chi connectivity index (χ0n) is 14.3. The standard InChI is InChI=1S/C14H25N5O4S/c1-4-18-6-5-15-13(18)11-17(2)14(20)16-9-12-10-19(7-8-23-12)24(3,21)22/h5-6,12H,4,7-11H2,1-3H3,(H,16,20). The third-order valence-corrected chi connectivity index (χ3v) is 5.19. The fourth-order valence-corrected chi connectivity index (χ4v) is 3.36. The Morgan fingerprint density at radius 1 is 1.54 bits per heavy atom. The van der Waals surface area contributed by atoms with E-state index >= 15 is 0 Å². The van der Waals surface area contributed by atoms with E-state index in [0.717, 1.165) is 12.4 Å². The fourth-order valence-electron chi connectivity index (χ4n) is 2.52. The van der Waals surface area contributed by atoms with Gasteiger partial charge < -0.3 is 19.5 Å². The third kappa shape index (κ3) is 4.92. The number of imidazole rings is 1. The summed E-state index contributed by atoms with van der Waals surface area (Å²) in [5, 5.41) is 2.78. The van der Waals surface area contributed by atoms with E-state index in [-0.39, 0.29) is 25.2 Å². The molecule has 2 heterocycles. The van der Waals surface area contributed by atoms with E-state index in [9.17, 15) is 13.2 Å². The van der Waals surface area contributed by atoms with Crippen LogP contribution < -0.4 is 5.32 Å². The molecule has 1 N–H and O–H groups in total. The number of aryl methyl sites for hydroxylation is 1. The van der Waals surface area contributed by atoms with Gasteiger partial charge in [0.15, 0.2) is 0 Å². The first-order chi connectivity index (χ1) is 11.3. The topological polar surface area (TPSA) is 96.8 Å². The lowest BCUT2D eigenvalue weighted by Gasteiger charge is -2.31. The Hall–Kier alpha value is -1.65. The van der Waals surface area contributed by atoms with E-state index in [2.05, 4.69) is 10.3 Å². The Bertz CT molecular complexity index is 660. The summed E-state index contributed by atoms with van der Waals surface area (Å²) in [5.74, 6) is 0.812. The molecule has 0 spiro atoms. The van der Waals surface area contributed by atoms with E-state index in [0.29, 0.717) is 19.7 Å². The molecule has 136 valence electrons. The maximum atomic E-state index is 12.2. The van der Waals surface area contributed by atoms with E-state index in [1.54, 1.807) is 13.2 Å². The van der Waals surface area contributed by atoms with Gasteiger partial charge in [0.1, 0.15) is 5.82 Å². The zero-order valence-corrected chi connectivity index (χ0v) is 15.1. The minimum atomic E-state index is -3.24. The number of ether oxygens (including phenoxy) is 1. The van der Waals surface area contributed by atoms with Crippen LogP contribution in [0.2, 0.25) is 0 Å². The van der Waals surface area contributed by atoms with Crippen molar-refractivity contribution in [1.29, 1.82) is 0 Å². The highest BCUT2D eigenvalue weighted by atomic mass is 32.2. The summed E-state index contributed by atoms with van der Waals surface area (Å²) in [6, 6.07) is -0.249. The lowest BCUT2D eigenvalue weighted by Crippen LogP contribution is -2.50. The van der Waals surface area contributed by atoms with Gasteiger partial charge in [-0.05, 0) is 6.92 Å². The molecule has 1 unspecified atom stereocenters. The van der Waals surface area contributed by atoms with Crippen LogP contribution in [0.1, 0.15) is 12.7 Å².